The van der Waals surface area contributed by atoms with Gasteiger partial charge in [-0.3, -0.25) is 9.59 Å². The second-order valence-electron chi connectivity index (χ2n) is 10.4. The zero-order chi connectivity index (χ0) is 29.1. The number of hydrogen-bond donors (Lipinski definition) is 2. The molecule has 5 rings (SSSR count). The van der Waals surface area contributed by atoms with Gasteiger partial charge in [0.2, 0.25) is 21.8 Å². The number of ether oxygens (including phenoxy) is 1. The highest BCUT2D eigenvalue weighted by Gasteiger charge is 2.40. The zero-order valence-electron chi connectivity index (χ0n) is 23.1. The number of piperazine rings is 1. The molecule has 10 heteroatoms. The maximum atomic E-state index is 13.4. The molecule has 1 saturated heterocycles. The van der Waals surface area contributed by atoms with E-state index in [1.807, 2.05) is 31.2 Å². The van der Waals surface area contributed by atoms with Crippen LogP contribution in [0, 0.1) is 6.92 Å². The van der Waals surface area contributed by atoms with Gasteiger partial charge >= 0.3 is 5.97 Å². The molecule has 0 saturated carbocycles. The summed E-state index contributed by atoms with van der Waals surface area (Å²) in [6, 6.07) is 18.3. The van der Waals surface area contributed by atoms with Crippen molar-refractivity contribution in [3.05, 3.63) is 89.0 Å². The van der Waals surface area contributed by atoms with Crippen molar-refractivity contribution < 1.29 is 27.5 Å². The Morgan fingerprint density at radius 1 is 1.05 bits per heavy atom. The van der Waals surface area contributed by atoms with Crippen molar-refractivity contribution in [3.63, 3.8) is 0 Å². The van der Waals surface area contributed by atoms with Crippen LogP contribution in [-0.2, 0) is 30.8 Å². The normalized spacial score (nSPS) is 19.1. The average Bonchev–Trinajstić information content (AvgIpc) is 2.98. The fraction of sp³-hybridized carbons (Fsp3) is 0.323. The van der Waals surface area contributed by atoms with E-state index in [0.717, 1.165) is 51.4 Å². The minimum Gasteiger partial charge on any atom is -0.465 e. The molecule has 2 amide bonds. The van der Waals surface area contributed by atoms with Gasteiger partial charge in [-0.25, -0.2) is 13.2 Å². The Labute approximate surface area is 239 Å². The van der Waals surface area contributed by atoms with E-state index in [9.17, 15) is 22.8 Å². The average molecular weight is 576 g/mol. The second kappa shape index (κ2) is 11.8. The van der Waals surface area contributed by atoms with Crippen molar-refractivity contribution in [3.8, 4) is 11.1 Å². The third-order valence-corrected chi connectivity index (χ3v) is 9.62. The second-order valence-corrected chi connectivity index (χ2v) is 12.3. The number of esters is 1. The van der Waals surface area contributed by atoms with Crippen molar-refractivity contribution in [1.29, 1.82) is 0 Å². The van der Waals surface area contributed by atoms with E-state index in [2.05, 4.69) is 16.7 Å². The quantitative estimate of drug-likeness (QED) is 0.416. The van der Waals surface area contributed by atoms with Crippen LogP contribution < -0.4 is 10.6 Å². The Morgan fingerprint density at radius 3 is 2.56 bits per heavy atom. The number of nitrogens with one attached hydrogen (secondary N) is 2. The molecule has 0 bridgehead atoms. The van der Waals surface area contributed by atoms with Crippen molar-refractivity contribution in [2.24, 2.45) is 0 Å². The van der Waals surface area contributed by atoms with Crippen LogP contribution in [0.25, 0.3) is 11.1 Å². The van der Waals surface area contributed by atoms with Gasteiger partial charge in [0.25, 0.3) is 0 Å². The van der Waals surface area contributed by atoms with Crippen molar-refractivity contribution in [2.45, 2.75) is 49.6 Å². The third-order valence-electron chi connectivity index (χ3n) is 7.70. The lowest BCUT2D eigenvalue weighted by atomic mass is 9.85. The molecule has 1 fully saturated rings. The minimum atomic E-state index is -3.97. The topological polar surface area (TPSA) is 122 Å². The minimum absolute atomic E-state index is 0.0894. The van der Waals surface area contributed by atoms with E-state index in [1.54, 1.807) is 24.3 Å². The lowest BCUT2D eigenvalue weighted by Crippen LogP contribution is -2.58. The molecule has 214 valence electrons. The molecule has 9 nitrogen and oxygen atoms in total. The van der Waals surface area contributed by atoms with Crippen LogP contribution in [0.1, 0.15) is 52.4 Å². The van der Waals surface area contributed by atoms with Crippen LogP contribution in [0.5, 0.6) is 0 Å². The van der Waals surface area contributed by atoms with Crippen LogP contribution in [0.2, 0.25) is 0 Å². The number of fused-ring (bicyclic) bond motifs is 1. The van der Waals surface area contributed by atoms with Crippen LogP contribution in [0.3, 0.4) is 0 Å². The van der Waals surface area contributed by atoms with E-state index in [0.29, 0.717) is 5.56 Å². The Bertz CT molecular complexity index is 1590. The van der Waals surface area contributed by atoms with E-state index in [4.69, 9.17) is 4.74 Å². The zero-order valence-corrected chi connectivity index (χ0v) is 23.9. The summed E-state index contributed by atoms with van der Waals surface area (Å²) < 4.78 is 32.8. The van der Waals surface area contributed by atoms with Gasteiger partial charge in [-0.15, -0.1) is 0 Å². The van der Waals surface area contributed by atoms with Gasteiger partial charge in [0.1, 0.15) is 6.04 Å². The summed E-state index contributed by atoms with van der Waals surface area (Å²) in [4.78, 5) is 38.1. The summed E-state index contributed by atoms with van der Waals surface area (Å²) in [5, 5.41) is 5.75. The molecule has 2 aliphatic rings. The number of hydrogen-bond acceptors (Lipinski definition) is 6. The first kappa shape index (κ1) is 28.5. The number of aryl methyl sites for hydroxylation is 2. The number of methoxy groups -OCH3 is 1. The summed E-state index contributed by atoms with van der Waals surface area (Å²) in [5.41, 5.74) is 5.33. The van der Waals surface area contributed by atoms with Gasteiger partial charge in [-0.05, 0) is 72.7 Å². The monoisotopic (exact) mass is 575 g/mol. The van der Waals surface area contributed by atoms with Gasteiger partial charge in [0.15, 0.2) is 0 Å². The van der Waals surface area contributed by atoms with E-state index < -0.39 is 27.9 Å². The summed E-state index contributed by atoms with van der Waals surface area (Å²) in [7, 11) is -2.62. The number of benzene rings is 3. The van der Waals surface area contributed by atoms with Gasteiger partial charge in [-0.2, -0.15) is 4.31 Å². The molecule has 1 unspecified atom stereocenters. The molecule has 41 heavy (non-hydrogen) atoms. The van der Waals surface area contributed by atoms with Crippen LogP contribution in [-0.4, -0.2) is 56.7 Å². The van der Waals surface area contributed by atoms with Gasteiger partial charge < -0.3 is 15.4 Å². The number of carbonyl (C=O) groups is 3. The first-order valence-corrected chi connectivity index (χ1v) is 15.1. The first-order valence-electron chi connectivity index (χ1n) is 13.6. The molecular formula is C31H33N3O6S. The van der Waals surface area contributed by atoms with Crippen LogP contribution >= 0.6 is 0 Å². The Balaban J connectivity index is 1.32. The van der Waals surface area contributed by atoms with Crippen LogP contribution in [0.15, 0.2) is 71.6 Å². The van der Waals surface area contributed by atoms with Gasteiger partial charge in [0, 0.05) is 13.1 Å². The number of amides is 2. The predicted molar refractivity (Wildman–Crippen MR) is 154 cm³/mol. The molecule has 3 aromatic carbocycles. The highest BCUT2D eigenvalue weighted by Crippen LogP contribution is 2.33. The van der Waals surface area contributed by atoms with Crippen molar-refractivity contribution >= 4 is 27.8 Å². The largest absolute Gasteiger partial charge is 0.465 e. The van der Waals surface area contributed by atoms with Crippen LogP contribution in [0.4, 0.5) is 0 Å². The molecule has 1 aliphatic carbocycles. The van der Waals surface area contributed by atoms with Gasteiger partial charge in [-0.1, -0.05) is 48.0 Å². The molecule has 0 aromatic heterocycles. The molecule has 0 radical (unpaired) electrons. The van der Waals surface area contributed by atoms with E-state index in [1.165, 1.54) is 19.2 Å². The van der Waals surface area contributed by atoms with E-state index >= 15 is 0 Å². The number of sulfonamides is 1. The summed E-state index contributed by atoms with van der Waals surface area (Å²) >= 11 is 0. The number of carbonyl (C=O) groups excluding carboxylic acids is 3. The lowest BCUT2D eigenvalue weighted by Gasteiger charge is -2.34. The third kappa shape index (κ3) is 6.03. The van der Waals surface area contributed by atoms with Gasteiger partial charge in [0.05, 0.1) is 30.0 Å². The number of rotatable bonds is 7. The molecular weight excluding hydrogens is 542 g/mol. The molecule has 1 heterocycles. The molecule has 2 N–H and O–H groups in total. The number of nitrogens with zero attached hydrogens (tertiary/aromatic N) is 1. The lowest BCUT2D eigenvalue weighted by molar-refractivity contribution is -0.132. The fourth-order valence-electron chi connectivity index (χ4n) is 5.54. The maximum absolute atomic E-state index is 13.4. The fourth-order valence-corrected chi connectivity index (χ4v) is 7.13. The summed E-state index contributed by atoms with van der Waals surface area (Å²) in [6.07, 6.45) is 2.17. The summed E-state index contributed by atoms with van der Waals surface area (Å²) in [6.45, 7) is 2.14. The standard InChI is InChI=1S/C31H33N3O6S/c1-20-9-12-25(13-10-20)41(38,39)34-16-15-32-30(36)28(34)19-29(35)33-27-8-4-6-23-17-22(11-14-26(23)27)21-5-3-7-24(18-21)31(37)40-2/h3,5,7,9-14,17-18,27-28H,4,6,8,15-16,19H2,1-2H3,(H,32,36)(H,33,35)/t27?,28-/m1/s1. The molecule has 3 aromatic rings. The first-order chi connectivity index (χ1) is 19.7. The van der Waals surface area contributed by atoms with Crippen molar-refractivity contribution in [2.75, 3.05) is 20.2 Å². The predicted octanol–water partition coefficient (Wildman–Crippen LogP) is 3.52. The Hall–Kier alpha value is -4.02. The Morgan fingerprint density at radius 2 is 1.80 bits per heavy atom. The highest BCUT2D eigenvalue weighted by molar-refractivity contribution is 7.89. The van der Waals surface area contributed by atoms with Crippen molar-refractivity contribution in [1.82, 2.24) is 14.9 Å². The molecule has 0 spiro atoms. The SMILES string of the molecule is COC(=O)c1cccc(-c2ccc3c(c2)CCCC3NC(=O)C[C@@H]2C(=O)NCCN2S(=O)(=O)c2ccc(C)cc2)c1. The Kier molecular flexibility index (Phi) is 8.23. The molecule has 2 atom stereocenters. The maximum Gasteiger partial charge on any atom is 0.337 e. The summed E-state index contributed by atoms with van der Waals surface area (Å²) in [5.74, 6) is -1.27. The van der Waals surface area contributed by atoms with E-state index in [-0.39, 0.29) is 36.4 Å². The highest BCUT2D eigenvalue weighted by atomic mass is 32.2. The molecule has 1 aliphatic heterocycles. The smallest absolute Gasteiger partial charge is 0.337 e.